The first kappa shape index (κ1) is 14.9. The monoisotopic (exact) mass is 320 g/mol. The molecule has 1 atom stereocenters. The van der Waals surface area contributed by atoms with E-state index in [2.05, 4.69) is 15.4 Å². The van der Waals surface area contributed by atoms with Gasteiger partial charge in [0, 0.05) is 23.7 Å². The van der Waals surface area contributed by atoms with Crippen molar-refractivity contribution in [2.75, 3.05) is 19.6 Å². The minimum absolute atomic E-state index is 0.00370. The van der Waals surface area contributed by atoms with Crippen molar-refractivity contribution in [3.8, 4) is 11.4 Å². The maximum atomic E-state index is 12.2. The van der Waals surface area contributed by atoms with E-state index in [9.17, 15) is 4.79 Å². The molecule has 22 heavy (non-hydrogen) atoms. The van der Waals surface area contributed by atoms with Crippen molar-refractivity contribution in [2.45, 2.75) is 13.0 Å². The summed E-state index contributed by atoms with van der Waals surface area (Å²) in [5.41, 5.74) is 6.45. The molecule has 116 valence electrons. The minimum Gasteiger partial charge on any atom is -0.341 e. The van der Waals surface area contributed by atoms with Gasteiger partial charge in [0.1, 0.15) is 6.54 Å². The van der Waals surface area contributed by atoms with Crippen LogP contribution in [0.1, 0.15) is 6.42 Å². The minimum atomic E-state index is -0.00370. The van der Waals surface area contributed by atoms with Crippen LogP contribution < -0.4 is 5.73 Å². The number of carbonyl (C=O) groups excluding carboxylic acids is 1. The summed E-state index contributed by atoms with van der Waals surface area (Å²) in [6, 6.07) is 7.16. The molecule has 1 aliphatic rings. The highest BCUT2D eigenvalue weighted by Crippen LogP contribution is 2.17. The van der Waals surface area contributed by atoms with Crippen LogP contribution in [0.4, 0.5) is 0 Å². The fourth-order valence-electron chi connectivity index (χ4n) is 2.50. The Kier molecular flexibility index (Phi) is 4.35. The van der Waals surface area contributed by atoms with Crippen LogP contribution in [-0.2, 0) is 11.3 Å². The van der Waals surface area contributed by atoms with Crippen LogP contribution in [0, 0.1) is 5.92 Å². The first-order valence-electron chi connectivity index (χ1n) is 7.17. The van der Waals surface area contributed by atoms with Gasteiger partial charge in [0.25, 0.3) is 0 Å². The lowest BCUT2D eigenvalue weighted by molar-refractivity contribution is -0.131. The van der Waals surface area contributed by atoms with E-state index >= 15 is 0 Å². The Hall–Kier alpha value is -1.99. The highest BCUT2D eigenvalue weighted by molar-refractivity contribution is 6.30. The SMILES string of the molecule is NCC1CCN(C(=O)Cn2nnc(-c3ccc(Cl)cc3)n2)C1. The standard InChI is InChI=1S/C14H17ClN6O/c15-12-3-1-11(2-4-12)14-17-19-21(18-14)9-13(22)20-6-5-10(7-16)8-20/h1-4,10H,5-9,16H2. The van der Waals surface area contributed by atoms with E-state index in [1.165, 1.54) is 4.80 Å². The number of hydrogen-bond acceptors (Lipinski definition) is 5. The van der Waals surface area contributed by atoms with Gasteiger partial charge in [-0.05, 0) is 48.4 Å². The predicted molar refractivity (Wildman–Crippen MR) is 82.0 cm³/mol. The summed E-state index contributed by atoms with van der Waals surface area (Å²) in [4.78, 5) is 15.3. The number of nitrogens with two attached hydrogens (primary N) is 1. The average molecular weight is 321 g/mol. The molecule has 2 N–H and O–H groups in total. The highest BCUT2D eigenvalue weighted by atomic mass is 35.5. The molecule has 0 aliphatic carbocycles. The second kappa shape index (κ2) is 6.41. The Labute approximate surface area is 133 Å². The molecule has 8 heteroatoms. The summed E-state index contributed by atoms with van der Waals surface area (Å²) in [6.45, 7) is 2.18. The molecule has 0 spiro atoms. The number of halogens is 1. The van der Waals surface area contributed by atoms with Crippen molar-refractivity contribution >= 4 is 17.5 Å². The third-order valence-corrected chi connectivity index (χ3v) is 4.06. The molecule has 0 saturated carbocycles. The number of nitrogens with zero attached hydrogens (tertiary/aromatic N) is 5. The second-order valence-corrected chi connectivity index (χ2v) is 5.82. The smallest absolute Gasteiger partial charge is 0.246 e. The van der Waals surface area contributed by atoms with Crippen LogP contribution in [0.15, 0.2) is 24.3 Å². The van der Waals surface area contributed by atoms with E-state index in [-0.39, 0.29) is 12.5 Å². The Bertz CT molecular complexity index is 656. The Morgan fingerprint density at radius 1 is 1.36 bits per heavy atom. The van der Waals surface area contributed by atoms with Gasteiger partial charge in [-0.1, -0.05) is 11.6 Å². The van der Waals surface area contributed by atoms with E-state index in [1.54, 1.807) is 12.1 Å². The van der Waals surface area contributed by atoms with Crippen LogP contribution in [0.3, 0.4) is 0 Å². The molecular weight excluding hydrogens is 304 g/mol. The molecule has 1 aromatic carbocycles. The lowest BCUT2D eigenvalue weighted by Crippen LogP contribution is -2.33. The molecule has 1 unspecified atom stereocenters. The quantitative estimate of drug-likeness (QED) is 0.900. The van der Waals surface area contributed by atoms with Crippen molar-refractivity contribution < 1.29 is 4.79 Å². The summed E-state index contributed by atoms with van der Waals surface area (Å²) in [6.07, 6.45) is 0.961. The van der Waals surface area contributed by atoms with Gasteiger partial charge in [0.05, 0.1) is 0 Å². The topological polar surface area (TPSA) is 89.9 Å². The van der Waals surface area contributed by atoms with Gasteiger partial charge in [-0.3, -0.25) is 4.79 Å². The van der Waals surface area contributed by atoms with Crippen molar-refractivity contribution in [1.82, 2.24) is 25.1 Å². The molecule has 1 aliphatic heterocycles. The van der Waals surface area contributed by atoms with E-state index in [1.807, 2.05) is 17.0 Å². The van der Waals surface area contributed by atoms with Crippen LogP contribution in [0.25, 0.3) is 11.4 Å². The summed E-state index contributed by atoms with van der Waals surface area (Å²) in [7, 11) is 0. The van der Waals surface area contributed by atoms with Crippen LogP contribution in [0.2, 0.25) is 5.02 Å². The maximum Gasteiger partial charge on any atom is 0.246 e. The number of tetrazole rings is 1. The predicted octanol–water partition coefficient (Wildman–Crippen LogP) is 0.801. The molecule has 0 radical (unpaired) electrons. The number of hydrogen-bond donors (Lipinski definition) is 1. The zero-order chi connectivity index (χ0) is 15.5. The second-order valence-electron chi connectivity index (χ2n) is 5.38. The molecule has 7 nitrogen and oxygen atoms in total. The summed E-state index contributed by atoms with van der Waals surface area (Å²) in [5.74, 6) is 0.874. The zero-order valence-electron chi connectivity index (χ0n) is 12.0. The summed E-state index contributed by atoms with van der Waals surface area (Å²) >= 11 is 5.85. The molecule has 1 saturated heterocycles. The highest BCUT2D eigenvalue weighted by Gasteiger charge is 2.25. The lowest BCUT2D eigenvalue weighted by atomic mass is 10.1. The van der Waals surface area contributed by atoms with Crippen molar-refractivity contribution in [3.63, 3.8) is 0 Å². The number of aromatic nitrogens is 4. The van der Waals surface area contributed by atoms with Gasteiger partial charge >= 0.3 is 0 Å². The molecule has 3 rings (SSSR count). The average Bonchev–Trinajstić information content (AvgIpc) is 3.17. The molecule has 2 aromatic rings. The zero-order valence-corrected chi connectivity index (χ0v) is 12.8. The first-order valence-corrected chi connectivity index (χ1v) is 7.55. The molecule has 1 aromatic heterocycles. The van der Waals surface area contributed by atoms with Gasteiger partial charge < -0.3 is 10.6 Å². The molecular formula is C14H17ClN6O. The third-order valence-electron chi connectivity index (χ3n) is 3.80. The number of likely N-dealkylation sites (tertiary alicyclic amines) is 1. The van der Waals surface area contributed by atoms with Crippen LogP contribution >= 0.6 is 11.6 Å². The maximum absolute atomic E-state index is 12.2. The van der Waals surface area contributed by atoms with E-state index < -0.39 is 0 Å². The Morgan fingerprint density at radius 2 is 2.14 bits per heavy atom. The Balaban J connectivity index is 1.64. The van der Waals surface area contributed by atoms with E-state index in [4.69, 9.17) is 17.3 Å². The normalized spacial score (nSPS) is 17.9. The number of amides is 1. The number of rotatable bonds is 4. The first-order chi connectivity index (χ1) is 10.7. The van der Waals surface area contributed by atoms with Gasteiger partial charge in [-0.2, -0.15) is 4.80 Å². The molecule has 0 bridgehead atoms. The Morgan fingerprint density at radius 3 is 2.82 bits per heavy atom. The van der Waals surface area contributed by atoms with Gasteiger partial charge in [-0.25, -0.2) is 0 Å². The molecule has 1 fully saturated rings. The lowest BCUT2D eigenvalue weighted by Gasteiger charge is -2.15. The number of benzene rings is 1. The van der Waals surface area contributed by atoms with Gasteiger partial charge in [0.2, 0.25) is 11.7 Å². The molecule has 2 heterocycles. The van der Waals surface area contributed by atoms with Crippen molar-refractivity contribution in [3.05, 3.63) is 29.3 Å². The van der Waals surface area contributed by atoms with Crippen molar-refractivity contribution in [1.29, 1.82) is 0 Å². The van der Waals surface area contributed by atoms with Crippen molar-refractivity contribution in [2.24, 2.45) is 11.7 Å². The van der Waals surface area contributed by atoms with E-state index in [0.717, 1.165) is 18.5 Å². The van der Waals surface area contributed by atoms with Gasteiger partial charge in [-0.15, -0.1) is 10.2 Å². The largest absolute Gasteiger partial charge is 0.341 e. The summed E-state index contributed by atoms with van der Waals surface area (Å²) in [5, 5.41) is 12.8. The molecule has 1 amide bonds. The fourth-order valence-corrected chi connectivity index (χ4v) is 2.62. The fraction of sp³-hybridized carbons (Fsp3) is 0.429. The summed E-state index contributed by atoms with van der Waals surface area (Å²) < 4.78 is 0. The van der Waals surface area contributed by atoms with Crippen LogP contribution in [0.5, 0.6) is 0 Å². The van der Waals surface area contributed by atoms with E-state index in [0.29, 0.717) is 29.9 Å². The number of carbonyl (C=O) groups is 1. The van der Waals surface area contributed by atoms with Crippen LogP contribution in [-0.4, -0.2) is 50.6 Å². The third kappa shape index (κ3) is 3.26. The van der Waals surface area contributed by atoms with Gasteiger partial charge in [0.15, 0.2) is 0 Å².